The highest BCUT2D eigenvalue weighted by atomic mass is 16.6. The molecule has 160 valence electrons. The molecule has 11 heteroatoms. The van der Waals surface area contributed by atoms with Crippen LogP contribution in [0.3, 0.4) is 0 Å². The van der Waals surface area contributed by atoms with E-state index in [1.165, 1.54) is 11.2 Å². The molecule has 2 unspecified atom stereocenters. The first-order chi connectivity index (χ1) is 15.0. The number of fused-ring (bicyclic) bond motifs is 2. The largest absolute Gasteiger partial charge is 0.444 e. The van der Waals surface area contributed by atoms with E-state index in [9.17, 15) is 19.2 Å². The van der Waals surface area contributed by atoms with Gasteiger partial charge in [-0.05, 0) is 23.6 Å². The number of hydrogen-bond donors (Lipinski definition) is 2. The summed E-state index contributed by atoms with van der Waals surface area (Å²) in [6.07, 6.45) is 1.68. The van der Waals surface area contributed by atoms with Gasteiger partial charge >= 0.3 is 6.09 Å². The summed E-state index contributed by atoms with van der Waals surface area (Å²) in [5, 5.41) is 9.04. The van der Waals surface area contributed by atoms with Gasteiger partial charge in [0.25, 0.3) is 5.91 Å². The average Bonchev–Trinajstić information content (AvgIpc) is 3.41. The lowest BCUT2D eigenvalue weighted by Crippen LogP contribution is -2.52. The fourth-order valence-electron chi connectivity index (χ4n) is 4.22. The van der Waals surface area contributed by atoms with E-state index in [1.807, 2.05) is 12.1 Å². The van der Waals surface area contributed by atoms with Gasteiger partial charge in [0.05, 0.1) is 6.54 Å². The third-order valence-corrected chi connectivity index (χ3v) is 5.79. The van der Waals surface area contributed by atoms with Crippen LogP contribution in [0.1, 0.15) is 40.2 Å². The minimum absolute atomic E-state index is 0.202. The number of piperidine rings is 1. The molecule has 0 aliphatic carbocycles. The maximum absolute atomic E-state index is 12.9. The van der Waals surface area contributed by atoms with E-state index in [-0.39, 0.29) is 30.9 Å². The lowest BCUT2D eigenvalue weighted by molar-refractivity contribution is -0.136. The first-order valence-corrected chi connectivity index (χ1v) is 10.1. The molecule has 1 saturated heterocycles. The molecule has 0 radical (unpaired) electrons. The number of benzene rings is 1. The smallest absolute Gasteiger partial charge is 0.407 e. The van der Waals surface area contributed by atoms with Gasteiger partial charge in [0.15, 0.2) is 0 Å². The van der Waals surface area contributed by atoms with E-state index >= 15 is 0 Å². The lowest BCUT2D eigenvalue weighted by Gasteiger charge is -2.29. The number of carbonyl (C=O) groups excluding carboxylic acids is 4. The Kier molecular flexibility index (Phi) is 4.64. The highest BCUT2D eigenvalue weighted by Crippen LogP contribution is 2.28. The molecule has 3 aliphatic rings. The molecule has 2 aromatic rings. The molecular formula is C20H20N6O5. The summed E-state index contributed by atoms with van der Waals surface area (Å²) >= 11 is 0. The van der Waals surface area contributed by atoms with Crippen molar-refractivity contribution in [1.29, 1.82) is 0 Å². The number of alkyl carbamates (subject to hydrolysis) is 1. The highest BCUT2D eigenvalue weighted by molar-refractivity contribution is 6.05. The van der Waals surface area contributed by atoms with E-state index in [0.717, 1.165) is 17.0 Å². The van der Waals surface area contributed by atoms with Crippen LogP contribution in [-0.2, 0) is 40.4 Å². The van der Waals surface area contributed by atoms with Gasteiger partial charge in [-0.15, -0.1) is 0 Å². The van der Waals surface area contributed by atoms with Crippen molar-refractivity contribution in [2.45, 2.75) is 51.0 Å². The van der Waals surface area contributed by atoms with Crippen LogP contribution in [-0.4, -0.2) is 55.6 Å². The van der Waals surface area contributed by atoms with E-state index < -0.39 is 18.0 Å². The second kappa shape index (κ2) is 7.49. The van der Waals surface area contributed by atoms with Crippen LogP contribution in [0.2, 0.25) is 0 Å². The quantitative estimate of drug-likeness (QED) is 0.654. The fraction of sp³-hybridized carbons (Fsp3) is 0.400. The normalized spacial score (nSPS) is 22.2. The Morgan fingerprint density at radius 1 is 1.29 bits per heavy atom. The molecule has 2 atom stereocenters. The van der Waals surface area contributed by atoms with E-state index in [1.54, 1.807) is 10.7 Å². The van der Waals surface area contributed by atoms with Crippen molar-refractivity contribution in [3.8, 4) is 0 Å². The molecule has 1 aromatic carbocycles. The number of hydrogen-bond acceptors (Lipinski definition) is 7. The number of aromatic nitrogens is 3. The molecular weight excluding hydrogens is 404 g/mol. The number of rotatable bonds is 4. The summed E-state index contributed by atoms with van der Waals surface area (Å²) < 4.78 is 7.11. The van der Waals surface area contributed by atoms with Gasteiger partial charge in [-0.1, -0.05) is 12.1 Å². The Labute approximate surface area is 176 Å². The van der Waals surface area contributed by atoms with Crippen LogP contribution in [0.5, 0.6) is 0 Å². The first kappa shape index (κ1) is 19.2. The fourth-order valence-corrected chi connectivity index (χ4v) is 4.22. The van der Waals surface area contributed by atoms with E-state index in [0.29, 0.717) is 31.5 Å². The van der Waals surface area contributed by atoms with Crippen LogP contribution in [0.15, 0.2) is 24.5 Å². The van der Waals surface area contributed by atoms with Gasteiger partial charge in [-0.25, -0.2) is 14.5 Å². The minimum Gasteiger partial charge on any atom is -0.444 e. The van der Waals surface area contributed by atoms with Crippen LogP contribution < -0.4 is 10.6 Å². The molecule has 0 spiro atoms. The van der Waals surface area contributed by atoms with Crippen molar-refractivity contribution in [2.24, 2.45) is 0 Å². The minimum atomic E-state index is -0.648. The molecule has 11 nitrogen and oxygen atoms in total. The lowest BCUT2D eigenvalue weighted by atomic mass is 10.0. The summed E-state index contributed by atoms with van der Waals surface area (Å²) in [4.78, 5) is 54.1. The summed E-state index contributed by atoms with van der Waals surface area (Å²) in [7, 11) is 0. The maximum atomic E-state index is 12.9. The summed E-state index contributed by atoms with van der Waals surface area (Å²) in [5.74, 6) is -0.215. The van der Waals surface area contributed by atoms with Crippen molar-refractivity contribution in [2.75, 3.05) is 0 Å². The van der Waals surface area contributed by atoms with Crippen molar-refractivity contribution >= 4 is 23.8 Å². The van der Waals surface area contributed by atoms with Crippen molar-refractivity contribution in [3.05, 3.63) is 47.0 Å². The van der Waals surface area contributed by atoms with Gasteiger partial charge in [-0.2, -0.15) is 5.10 Å². The number of carbonyl (C=O) groups is 4. The first-order valence-electron chi connectivity index (χ1n) is 10.1. The zero-order valence-electron chi connectivity index (χ0n) is 16.5. The second-order valence-electron chi connectivity index (χ2n) is 7.83. The molecule has 4 amide bonds. The molecule has 31 heavy (non-hydrogen) atoms. The molecule has 0 saturated carbocycles. The van der Waals surface area contributed by atoms with Crippen molar-refractivity contribution in [1.82, 2.24) is 30.3 Å². The topological polar surface area (TPSA) is 136 Å². The van der Waals surface area contributed by atoms with E-state index in [2.05, 4.69) is 20.7 Å². The predicted molar refractivity (Wildman–Crippen MR) is 103 cm³/mol. The Balaban J connectivity index is 1.18. The summed E-state index contributed by atoms with van der Waals surface area (Å²) in [6.45, 7) is 1.00. The molecule has 3 aliphatic heterocycles. The van der Waals surface area contributed by atoms with Gasteiger partial charge < -0.3 is 15.0 Å². The van der Waals surface area contributed by atoms with Gasteiger partial charge in [0.1, 0.15) is 24.3 Å². The molecule has 2 N–H and O–H groups in total. The third kappa shape index (κ3) is 3.62. The monoisotopic (exact) mass is 424 g/mol. The molecule has 0 bridgehead atoms. The molecule has 1 fully saturated rings. The Bertz CT molecular complexity index is 1070. The second-order valence-corrected chi connectivity index (χ2v) is 7.83. The summed E-state index contributed by atoms with van der Waals surface area (Å²) in [6, 6.07) is 4.72. The molecule has 1 aromatic heterocycles. The zero-order valence-corrected chi connectivity index (χ0v) is 16.5. The molecule has 4 heterocycles. The number of amides is 4. The van der Waals surface area contributed by atoms with Gasteiger partial charge in [0.2, 0.25) is 11.8 Å². The van der Waals surface area contributed by atoms with Gasteiger partial charge in [-0.3, -0.25) is 19.7 Å². The SMILES string of the molecule is O=C1CCC(N2Cc3ccc(CNC(=O)OC4Cc5ncnn5C4)cc3C2=O)C(=O)N1. The zero-order chi connectivity index (χ0) is 21.5. The van der Waals surface area contributed by atoms with E-state index in [4.69, 9.17) is 4.74 Å². The Hall–Kier alpha value is -3.76. The number of nitrogens with one attached hydrogen (secondary N) is 2. The Morgan fingerprint density at radius 2 is 2.16 bits per heavy atom. The van der Waals surface area contributed by atoms with Crippen LogP contribution in [0.4, 0.5) is 4.79 Å². The van der Waals surface area contributed by atoms with Crippen LogP contribution in [0.25, 0.3) is 0 Å². The number of ether oxygens (including phenoxy) is 1. The van der Waals surface area contributed by atoms with Crippen LogP contribution in [0, 0.1) is 0 Å². The van der Waals surface area contributed by atoms with Crippen molar-refractivity contribution in [3.63, 3.8) is 0 Å². The number of nitrogens with zero attached hydrogens (tertiary/aromatic N) is 4. The highest BCUT2D eigenvalue weighted by Gasteiger charge is 2.39. The van der Waals surface area contributed by atoms with Crippen LogP contribution >= 0.6 is 0 Å². The standard InChI is InChI=1S/C20H20N6O5/c27-17-4-3-15(18(28)24-17)25-8-12-2-1-11(5-14(12)19(25)29)7-21-20(30)31-13-6-16-22-10-23-26(16)9-13/h1-2,5,10,13,15H,3-4,6-9H2,(H,21,30)(H,24,27,28). The van der Waals surface area contributed by atoms with Crippen molar-refractivity contribution < 1.29 is 23.9 Å². The Morgan fingerprint density at radius 3 is 2.97 bits per heavy atom. The predicted octanol–water partition coefficient (Wildman–Crippen LogP) is -0.110. The number of imide groups is 1. The average molecular weight is 424 g/mol. The van der Waals surface area contributed by atoms with Gasteiger partial charge in [0, 0.05) is 31.5 Å². The third-order valence-electron chi connectivity index (χ3n) is 5.79. The summed E-state index contributed by atoms with van der Waals surface area (Å²) in [5.41, 5.74) is 2.06. The maximum Gasteiger partial charge on any atom is 0.407 e. The molecule has 5 rings (SSSR count).